The standard InChI is InChI=1S/C11H12ClN3O2/c12-8-10-14-15-11(17-10)13-6-7-16-9-4-2-1-3-5-9/h1-5H,6-8H2,(H,13,15). The zero-order valence-corrected chi connectivity index (χ0v) is 9.85. The van der Waals surface area contributed by atoms with Gasteiger partial charge in [-0.25, -0.2) is 0 Å². The quantitative estimate of drug-likeness (QED) is 0.632. The molecule has 2 rings (SSSR count). The Bertz CT molecular complexity index is 447. The summed E-state index contributed by atoms with van der Waals surface area (Å²) in [7, 11) is 0. The zero-order chi connectivity index (χ0) is 11.9. The maximum Gasteiger partial charge on any atom is 0.315 e. The molecule has 17 heavy (non-hydrogen) atoms. The molecule has 1 aromatic carbocycles. The van der Waals surface area contributed by atoms with Crippen LogP contribution in [0.1, 0.15) is 5.89 Å². The molecule has 1 aromatic heterocycles. The molecule has 1 heterocycles. The molecule has 0 atom stereocenters. The number of nitrogens with one attached hydrogen (secondary N) is 1. The number of halogens is 1. The van der Waals surface area contributed by atoms with E-state index in [4.69, 9.17) is 20.8 Å². The van der Waals surface area contributed by atoms with Crippen molar-refractivity contribution in [2.75, 3.05) is 18.5 Å². The average Bonchev–Trinajstić information content (AvgIpc) is 2.84. The summed E-state index contributed by atoms with van der Waals surface area (Å²) >= 11 is 5.53. The number of nitrogens with zero attached hydrogens (tertiary/aromatic N) is 2. The first-order valence-electron chi connectivity index (χ1n) is 5.18. The number of rotatable bonds is 6. The van der Waals surface area contributed by atoms with E-state index in [9.17, 15) is 0 Å². The molecule has 0 aliphatic carbocycles. The fourth-order valence-electron chi connectivity index (χ4n) is 1.22. The van der Waals surface area contributed by atoms with Gasteiger partial charge in [0.05, 0.1) is 6.54 Å². The van der Waals surface area contributed by atoms with Crippen LogP contribution in [0.2, 0.25) is 0 Å². The first-order valence-corrected chi connectivity index (χ1v) is 5.72. The summed E-state index contributed by atoms with van der Waals surface area (Å²) in [6.07, 6.45) is 0. The number of aromatic nitrogens is 2. The zero-order valence-electron chi connectivity index (χ0n) is 9.10. The summed E-state index contributed by atoms with van der Waals surface area (Å²) in [5.41, 5.74) is 0. The minimum Gasteiger partial charge on any atom is -0.492 e. The van der Waals surface area contributed by atoms with Crippen LogP contribution in [-0.4, -0.2) is 23.3 Å². The van der Waals surface area contributed by atoms with E-state index in [1.54, 1.807) is 0 Å². The van der Waals surface area contributed by atoms with Gasteiger partial charge in [-0.05, 0) is 12.1 Å². The van der Waals surface area contributed by atoms with Crippen molar-refractivity contribution in [1.82, 2.24) is 10.2 Å². The molecule has 0 spiro atoms. The summed E-state index contributed by atoms with van der Waals surface area (Å²) < 4.78 is 10.6. The second-order valence-corrected chi connectivity index (χ2v) is 3.49. The molecule has 6 heteroatoms. The fraction of sp³-hybridized carbons (Fsp3) is 0.273. The van der Waals surface area contributed by atoms with Crippen molar-refractivity contribution in [3.63, 3.8) is 0 Å². The van der Waals surface area contributed by atoms with Crippen molar-refractivity contribution in [2.45, 2.75) is 5.88 Å². The van der Waals surface area contributed by atoms with E-state index in [2.05, 4.69) is 15.5 Å². The molecular weight excluding hydrogens is 242 g/mol. The second-order valence-electron chi connectivity index (χ2n) is 3.22. The molecule has 0 saturated heterocycles. The predicted molar refractivity (Wildman–Crippen MR) is 64.3 cm³/mol. The average molecular weight is 254 g/mol. The van der Waals surface area contributed by atoms with Crippen LogP contribution in [0.25, 0.3) is 0 Å². The third-order valence-corrected chi connectivity index (χ3v) is 2.20. The number of hydrogen-bond acceptors (Lipinski definition) is 5. The van der Waals surface area contributed by atoms with E-state index in [0.717, 1.165) is 5.75 Å². The predicted octanol–water partition coefficient (Wildman–Crippen LogP) is 2.30. The second kappa shape index (κ2) is 6.10. The highest BCUT2D eigenvalue weighted by Gasteiger charge is 2.03. The van der Waals surface area contributed by atoms with Gasteiger partial charge in [0.2, 0.25) is 5.89 Å². The highest BCUT2D eigenvalue weighted by molar-refractivity contribution is 6.16. The van der Waals surface area contributed by atoms with Crippen LogP contribution in [0, 0.1) is 0 Å². The molecule has 0 unspecified atom stereocenters. The number of anilines is 1. The van der Waals surface area contributed by atoms with Crippen molar-refractivity contribution >= 4 is 17.6 Å². The highest BCUT2D eigenvalue weighted by Crippen LogP contribution is 2.09. The lowest BCUT2D eigenvalue weighted by molar-refractivity contribution is 0.331. The molecule has 0 radical (unpaired) electrons. The smallest absolute Gasteiger partial charge is 0.315 e. The summed E-state index contributed by atoms with van der Waals surface area (Å²) in [5, 5.41) is 10.4. The lowest BCUT2D eigenvalue weighted by Crippen LogP contribution is -2.11. The van der Waals surface area contributed by atoms with Crippen LogP contribution in [0.4, 0.5) is 6.01 Å². The summed E-state index contributed by atoms with van der Waals surface area (Å²) in [4.78, 5) is 0. The Hall–Kier alpha value is -1.75. The van der Waals surface area contributed by atoms with Crippen LogP contribution < -0.4 is 10.1 Å². The van der Waals surface area contributed by atoms with Crippen molar-refractivity contribution in [1.29, 1.82) is 0 Å². The molecule has 1 N–H and O–H groups in total. The molecule has 0 bridgehead atoms. The number of benzene rings is 1. The summed E-state index contributed by atoms with van der Waals surface area (Å²) in [5.74, 6) is 1.45. The lowest BCUT2D eigenvalue weighted by atomic mass is 10.3. The lowest BCUT2D eigenvalue weighted by Gasteiger charge is -2.05. The monoisotopic (exact) mass is 253 g/mol. The summed E-state index contributed by atoms with van der Waals surface area (Å²) in [6, 6.07) is 9.95. The largest absolute Gasteiger partial charge is 0.492 e. The van der Waals surface area contributed by atoms with Crippen LogP contribution in [-0.2, 0) is 5.88 Å². The Morgan fingerprint density at radius 3 is 2.76 bits per heavy atom. The number of alkyl halides is 1. The normalized spacial score (nSPS) is 10.2. The van der Waals surface area contributed by atoms with Gasteiger partial charge < -0.3 is 14.5 Å². The highest BCUT2D eigenvalue weighted by atomic mass is 35.5. The van der Waals surface area contributed by atoms with Gasteiger partial charge in [-0.15, -0.1) is 16.7 Å². The van der Waals surface area contributed by atoms with Gasteiger partial charge in [0.1, 0.15) is 18.2 Å². The maximum atomic E-state index is 5.53. The third kappa shape index (κ3) is 3.64. The number of para-hydroxylation sites is 1. The van der Waals surface area contributed by atoms with E-state index in [0.29, 0.717) is 25.1 Å². The van der Waals surface area contributed by atoms with Crippen LogP contribution in [0.15, 0.2) is 34.7 Å². The third-order valence-electron chi connectivity index (χ3n) is 1.97. The number of hydrogen-bond donors (Lipinski definition) is 1. The van der Waals surface area contributed by atoms with Gasteiger partial charge in [-0.3, -0.25) is 0 Å². The Labute approximate surface area is 104 Å². The van der Waals surface area contributed by atoms with E-state index in [1.165, 1.54) is 0 Å². The molecule has 0 fully saturated rings. The van der Waals surface area contributed by atoms with Gasteiger partial charge in [0.15, 0.2) is 0 Å². The molecule has 0 saturated carbocycles. The molecule has 0 aliphatic rings. The van der Waals surface area contributed by atoms with E-state index in [-0.39, 0.29) is 5.88 Å². The first-order chi connectivity index (χ1) is 8.38. The van der Waals surface area contributed by atoms with Gasteiger partial charge in [-0.2, -0.15) is 0 Å². The van der Waals surface area contributed by atoms with Crippen molar-refractivity contribution in [3.8, 4) is 5.75 Å². The maximum absolute atomic E-state index is 5.53. The van der Waals surface area contributed by atoms with E-state index >= 15 is 0 Å². The molecule has 2 aromatic rings. The Morgan fingerprint density at radius 1 is 1.24 bits per heavy atom. The van der Waals surface area contributed by atoms with Crippen LogP contribution >= 0.6 is 11.6 Å². The molecule has 0 aliphatic heterocycles. The topological polar surface area (TPSA) is 60.2 Å². The molecule has 0 amide bonds. The molecular formula is C11H12ClN3O2. The summed E-state index contributed by atoms with van der Waals surface area (Å²) in [6.45, 7) is 1.10. The minimum absolute atomic E-state index is 0.217. The Morgan fingerprint density at radius 2 is 2.06 bits per heavy atom. The van der Waals surface area contributed by atoms with Crippen LogP contribution in [0.3, 0.4) is 0 Å². The Balaban J connectivity index is 1.69. The van der Waals surface area contributed by atoms with E-state index in [1.807, 2.05) is 30.3 Å². The van der Waals surface area contributed by atoms with Gasteiger partial charge in [0.25, 0.3) is 0 Å². The molecule has 5 nitrogen and oxygen atoms in total. The van der Waals surface area contributed by atoms with Crippen molar-refractivity contribution < 1.29 is 9.15 Å². The van der Waals surface area contributed by atoms with Crippen molar-refractivity contribution in [3.05, 3.63) is 36.2 Å². The van der Waals surface area contributed by atoms with E-state index < -0.39 is 0 Å². The molecule has 90 valence electrons. The fourth-order valence-corrected chi connectivity index (χ4v) is 1.33. The van der Waals surface area contributed by atoms with Crippen LogP contribution in [0.5, 0.6) is 5.75 Å². The SMILES string of the molecule is ClCc1nnc(NCCOc2ccccc2)o1. The van der Waals surface area contributed by atoms with Crippen molar-refractivity contribution in [2.24, 2.45) is 0 Å². The Kier molecular flexibility index (Phi) is 4.21. The minimum atomic E-state index is 0.217. The van der Waals surface area contributed by atoms with Gasteiger partial charge in [-0.1, -0.05) is 23.3 Å². The van der Waals surface area contributed by atoms with Gasteiger partial charge in [0, 0.05) is 0 Å². The van der Waals surface area contributed by atoms with Gasteiger partial charge >= 0.3 is 6.01 Å². The number of ether oxygens (including phenoxy) is 1. The first kappa shape index (κ1) is 11.7.